The molecule has 0 aromatic carbocycles. The Kier molecular flexibility index (Phi) is 2.93. The number of hydrogen-bond acceptors (Lipinski definition) is 4. The lowest BCUT2D eigenvalue weighted by molar-refractivity contribution is 0.0897. The van der Waals surface area contributed by atoms with Gasteiger partial charge in [-0.05, 0) is 31.6 Å². The first-order chi connectivity index (χ1) is 8.70. The lowest BCUT2D eigenvalue weighted by Gasteiger charge is -2.20. The fraction of sp³-hybridized carbons (Fsp3) is 0.769. The van der Waals surface area contributed by atoms with E-state index in [0.29, 0.717) is 12.1 Å². The van der Waals surface area contributed by atoms with Crippen molar-refractivity contribution in [3.8, 4) is 0 Å². The number of nitrogens with two attached hydrogens (primary N) is 1. The maximum atomic E-state index is 6.14. The van der Waals surface area contributed by atoms with Gasteiger partial charge in [0.15, 0.2) is 0 Å². The van der Waals surface area contributed by atoms with Crippen molar-refractivity contribution in [2.24, 2.45) is 13.0 Å². The van der Waals surface area contributed by atoms with E-state index in [0.717, 1.165) is 42.6 Å². The van der Waals surface area contributed by atoms with E-state index in [2.05, 4.69) is 17.3 Å². The van der Waals surface area contributed by atoms with Crippen LogP contribution >= 0.6 is 0 Å². The van der Waals surface area contributed by atoms with Gasteiger partial charge in [0.1, 0.15) is 5.82 Å². The molecule has 1 aromatic rings. The minimum absolute atomic E-state index is 0.365. The Morgan fingerprint density at radius 1 is 1.44 bits per heavy atom. The highest BCUT2D eigenvalue weighted by Crippen LogP contribution is 2.40. The van der Waals surface area contributed by atoms with Crippen LogP contribution in [0.2, 0.25) is 0 Å². The predicted octanol–water partition coefficient (Wildman–Crippen LogP) is 1.54. The Hall–Kier alpha value is -1.23. The van der Waals surface area contributed by atoms with Gasteiger partial charge in [0.25, 0.3) is 0 Å². The van der Waals surface area contributed by atoms with Gasteiger partial charge in [-0.1, -0.05) is 6.92 Å². The summed E-state index contributed by atoms with van der Waals surface area (Å²) < 4.78 is 7.70. The van der Waals surface area contributed by atoms with E-state index in [1.807, 2.05) is 11.7 Å². The molecule has 1 aromatic heterocycles. The molecule has 2 atom stereocenters. The van der Waals surface area contributed by atoms with E-state index in [9.17, 15) is 0 Å². The van der Waals surface area contributed by atoms with Crippen molar-refractivity contribution >= 4 is 11.5 Å². The van der Waals surface area contributed by atoms with Crippen LogP contribution in [0.5, 0.6) is 0 Å². The number of aryl methyl sites for hydroxylation is 2. The van der Waals surface area contributed by atoms with Crippen LogP contribution in [0.15, 0.2) is 0 Å². The molecule has 5 nitrogen and oxygen atoms in total. The summed E-state index contributed by atoms with van der Waals surface area (Å²) in [5.41, 5.74) is 7.91. The van der Waals surface area contributed by atoms with Gasteiger partial charge in [0.05, 0.1) is 23.5 Å². The highest BCUT2D eigenvalue weighted by Gasteiger charge is 2.41. The summed E-state index contributed by atoms with van der Waals surface area (Å²) in [6, 6.07) is 0.389. The van der Waals surface area contributed by atoms with Crippen LogP contribution in [-0.4, -0.2) is 28.5 Å². The summed E-state index contributed by atoms with van der Waals surface area (Å²) >= 11 is 0. The van der Waals surface area contributed by atoms with Crippen molar-refractivity contribution in [1.29, 1.82) is 0 Å². The number of rotatable bonds is 4. The van der Waals surface area contributed by atoms with Crippen molar-refractivity contribution in [3.63, 3.8) is 0 Å². The molecule has 0 bridgehead atoms. The predicted molar refractivity (Wildman–Crippen MR) is 71.5 cm³/mol. The first-order valence-corrected chi connectivity index (χ1v) is 6.90. The number of nitrogen functional groups attached to an aromatic ring is 1. The molecule has 3 rings (SSSR count). The number of nitrogens with zero attached hydrogens (tertiary/aromatic N) is 2. The van der Waals surface area contributed by atoms with Crippen molar-refractivity contribution in [3.05, 3.63) is 5.69 Å². The Bertz CT molecular complexity index is 438. The molecule has 0 radical (unpaired) electrons. The van der Waals surface area contributed by atoms with E-state index in [1.54, 1.807) is 0 Å². The molecular formula is C13H22N4O. The van der Waals surface area contributed by atoms with E-state index in [1.165, 1.54) is 12.8 Å². The summed E-state index contributed by atoms with van der Waals surface area (Å²) in [7, 11) is 1.94. The molecule has 3 N–H and O–H groups in total. The second kappa shape index (κ2) is 4.46. The number of ether oxygens (including phenoxy) is 1. The second-order valence-corrected chi connectivity index (χ2v) is 5.40. The molecular weight excluding hydrogens is 228 g/mol. The van der Waals surface area contributed by atoms with Crippen LogP contribution in [0.25, 0.3) is 0 Å². The SMILES string of the molecule is CCc1nn(C)c(NC2CCOC2C2CC2)c1N. The molecule has 0 amide bonds. The topological polar surface area (TPSA) is 65.1 Å². The van der Waals surface area contributed by atoms with Crippen LogP contribution in [0.1, 0.15) is 31.9 Å². The zero-order valence-electron chi connectivity index (χ0n) is 11.1. The van der Waals surface area contributed by atoms with Gasteiger partial charge in [-0.15, -0.1) is 0 Å². The quantitative estimate of drug-likeness (QED) is 0.851. The van der Waals surface area contributed by atoms with E-state index in [-0.39, 0.29) is 0 Å². The first kappa shape index (κ1) is 11.8. The van der Waals surface area contributed by atoms with Crippen molar-refractivity contribution in [1.82, 2.24) is 9.78 Å². The monoisotopic (exact) mass is 250 g/mol. The van der Waals surface area contributed by atoms with Crippen LogP contribution in [-0.2, 0) is 18.2 Å². The molecule has 1 saturated carbocycles. The Labute approximate surface area is 108 Å². The Balaban J connectivity index is 1.77. The Morgan fingerprint density at radius 3 is 2.83 bits per heavy atom. The molecule has 100 valence electrons. The minimum Gasteiger partial charge on any atom is -0.394 e. The van der Waals surface area contributed by atoms with Gasteiger partial charge in [-0.3, -0.25) is 4.68 Å². The first-order valence-electron chi connectivity index (χ1n) is 6.90. The normalized spacial score (nSPS) is 27.7. The van der Waals surface area contributed by atoms with E-state index >= 15 is 0 Å². The van der Waals surface area contributed by atoms with Gasteiger partial charge < -0.3 is 15.8 Å². The third kappa shape index (κ3) is 1.96. The summed E-state index contributed by atoms with van der Waals surface area (Å²) in [5, 5.41) is 8.00. The maximum Gasteiger partial charge on any atom is 0.148 e. The summed E-state index contributed by atoms with van der Waals surface area (Å²) in [4.78, 5) is 0. The third-order valence-corrected chi connectivity index (χ3v) is 4.04. The van der Waals surface area contributed by atoms with Crippen LogP contribution in [0.4, 0.5) is 11.5 Å². The number of nitrogens with one attached hydrogen (secondary N) is 1. The fourth-order valence-corrected chi connectivity index (χ4v) is 2.86. The fourth-order valence-electron chi connectivity index (χ4n) is 2.86. The maximum absolute atomic E-state index is 6.14. The summed E-state index contributed by atoms with van der Waals surface area (Å²) in [6.45, 7) is 2.94. The molecule has 5 heteroatoms. The summed E-state index contributed by atoms with van der Waals surface area (Å²) in [5.74, 6) is 1.71. The van der Waals surface area contributed by atoms with Crippen LogP contribution < -0.4 is 11.1 Å². The lowest BCUT2D eigenvalue weighted by Crippen LogP contribution is -2.32. The molecule has 0 spiro atoms. The minimum atomic E-state index is 0.365. The zero-order valence-corrected chi connectivity index (χ0v) is 11.1. The van der Waals surface area contributed by atoms with Gasteiger partial charge in [0.2, 0.25) is 0 Å². The van der Waals surface area contributed by atoms with Gasteiger partial charge in [-0.2, -0.15) is 5.10 Å². The molecule has 2 aliphatic rings. The third-order valence-electron chi connectivity index (χ3n) is 4.04. The number of aromatic nitrogens is 2. The van der Waals surface area contributed by atoms with Gasteiger partial charge >= 0.3 is 0 Å². The molecule has 2 heterocycles. The highest BCUT2D eigenvalue weighted by molar-refractivity contribution is 5.65. The largest absolute Gasteiger partial charge is 0.394 e. The van der Waals surface area contributed by atoms with Crippen molar-refractivity contribution < 1.29 is 4.74 Å². The zero-order chi connectivity index (χ0) is 12.7. The second-order valence-electron chi connectivity index (χ2n) is 5.40. The average Bonchev–Trinajstić information content (AvgIpc) is 3.05. The average molecular weight is 250 g/mol. The Morgan fingerprint density at radius 2 is 2.22 bits per heavy atom. The lowest BCUT2D eigenvalue weighted by atomic mass is 10.1. The van der Waals surface area contributed by atoms with Crippen LogP contribution in [0.3, 0.4) is 0 Å². The van der Waals surface area contributed by atoms with E-state index in [4.69, 9.17) is 10.5 Å². The molecule has 1 aliphatic heterocycles. The summed E-state index contributed by atoms with van der Waals surface area (Å²) in [6.07, 6.45) is 4.92. The number of anilines is 2. The molecule has 2 fully saturated rings. The molecule has 1 saturated heterocycles. The van der Waals surface area contributed by atoms with Gasteiger partial charge in [-0.25, -0.2) is 0 Å². The van der Waals surface area contributed by atoms with Crippen LogP contribution in [0, 0.1) is 5.92 Å². The molecule has 18 heavy (non-hydrogen) atoms. The molecule has 2 unspecified atom stereocenters. The molecule has 1 aliphatic carbocycles. The number of hydrogen-bond donors (Lipinski definition) is 2. The van der Waals surface area contributed by atoms with Gasteiger partial charge in [0, 0.05) is 13.7 Å². The highest BCUT2D eigenvalue weighted by atomic mass is 16.5. The van der Waals surface area contributed by atoms with Crippen molar-refractivity contribution in [2.75, 3.05) is 17.7 Å². The standard InChI is InChI=1S/C13H22N4O/c1-3-9-11(14)13(17(2)16-9)15-10-6-7-18-12(10)8-4-5-8/h8,10,12,15H,3-7,14H2,1-2H3. The van der Waals surface area contributed by atoms with E-state index < -0.39 is 0 Å². The smallest absolute Gasteiger partial charge is 0.148 e. The van der Waals surface area contributed by atoms with Crippen molar-refractivity contribution in [2.45, 2.75) is 44.8 Å².